The van der Waals surface area contributed by atoms with Gasteiger partial charge in [0.15, 0.2) is 0 Å². The standard InChI is InChI=1S/C33H49N5O4S.C2H6/c1-8-26(23(4)39)34-18-10-9-13-28(40)37-30(33(5,6)7)32(42)38-19-11-12-27(38)31(41)36-21(2)24-14-16-25(17-15-24)29-22(3)35-20-43-29;1-2/h14-17,20-21,26-27,30,34H,8-13,18-19H2,1-7H3,(H,36,41)(H,37,40);1-2H3/t21-,26-,27-,30+;/m0./s1. The van der Waals surface area contributed by atoms with Crippen LogP contribution in [0.4, 0.5) is 0 Å². The smallest absolute Gasteiger partial charge is 0.246 e. The second kappa shape index (κ2) is 18.1. The topological polar surface area (TPSA) is 120 Å². The Kier molecular flexibility index (Phi) is 15.3. The first kappa shape index (κ1) is 38.1. The molecule has 0 spiro atoms. The molecule has 1 saturated heterocycles. The highest BCUT2D eigenvalue weighted by Crippen LogP contribution is 2.29. The van der Waals surface area contributed by atoms with E-state index in [2.05, 4.69) is 20.9 Å². The molecule has 10 heteroatoms. The Balaban J connectivity index is 0.00000345. The summed E-state index contributed by atoms with van der Waals surface area (Å²) in [6.07, 6.45) is 3.76. The zero-order valence-electron chi connectivity index (χ0n) is 28.8. The van der Waals surface area contributed by atoms with Crippen LogP contribution in [0, 0.1) is 12.3 Å². The third-order valence-corrected chi connectivity index (χ3v) is 9.13. The van der Waals surface area contributed by atoms with Crippen LogP contribution in [0.15, 0.2) is 29.8 Å². The van der Waals surface area contributed by atoms with Gasteiger partial charge >= 0.3 is 0 Å². The second-order valence-corrected chi connectivity index (χ2v) is 13.5. The Hall–Kier alpha value is -3.11. The summed E-state index contributed by atoms with van der Waals surface area (Å²) in [6.45, 7) is 18.4. The number of likely N-dealkylation sites (tertiary alicyclic amines) is 1. The molecule has 0 bridgehead atoms. The minimum atomic E-state index is -0.742. The molecule has 1 aromatic carbocycles. The van der Waals surface area contributed by atoms with Crippen LogP contribution in [0.1, 0.15) is 111 Å². The van der Waals surface area contributed by atoms with Crippen LogP contribution in [0.2, 0.25) is 0 Å². The first-order chi connectivity index (χ1) is 21.3. The average Bonchev–Trinajstić information content (AvgIpc) is 3.67. The van der Waals surface area contributed by atoms with Gasteiger partial charge in [0.2, 0.25) is 17.7 Å². The molecule has 250 valence electrons. The molecule has 45 heavy (non-hydrogen) atoms. The second-order valence-electron chi connectivity index (χ2n) is 12.7. The summed E-state index contributed by atoms with van der Waals surface area (Å²) in [5, 5.41) is 9.31. The van der Waals surface area contributed by atoms with Crippen molar-refractivity contribution in [1.82, 2.24) is 25.8 Å². The minimum Gasteiger partial charge on any atom is -0.348 e. The number of rotatable bonds is 14. The van der Waals surface area contributed by atoms with Gasteiger partial charge in [-0.1, -0.05) is 65.8 Å². The monoisotopic (exact) mass is 641 g/mol. The van der Waals surface area contributed by atoms with Crippen molar-refractivity contribution in [3.05, 3.63) is 41.0 Å². The van der Waals surface area contributed by atoms with Crippen LogP contribution in [0.5, 0.6) is 0 Å². The fraction of sp³-hybridized carbons (Fsp3) is 0.629. The molecule has 4 atom stereocenters. The predicted octanol–water partition coefficient (Wildman–Crippen LogP) is 5.97. The Morgan fingerprint density at radius 2 is 1.73 bits per heavy atom. The average molecular weight is 642 g/mol. The lowest BCUT2D eigenvalue weighted by molar-refractivity contribution is -0.144. The van der Waals surface area contributed by atoms with Crippen LogP contribution >= 0.6 is 11.3 Å². The highest BCUT2D eigenvalue weighted by molar-refractivity contribution is 7.13. The van der Waals surface area contributed by atoms with Crippen molar-refractivity contribution in [2.45, 2.75) is 125 Å². The Morgan fingerprint density at radius 3 is 2.29 bits per heavy atom. The van der Waals surface area contributed by atoms with Crippen LogP contribution in [0.25, 0.3) is 10.4 Å². The molecule has 0 radical (unpaired) electrons. The zero-order chi connectivity index (χ0) is 33.7. The summed E-state index contributed by atoms with van der Waals surface area (Å²) < 4.78 is 0. The van der Waals surface area contributed by atoms with Gasteiger partial charge in [-0.15, -0.1) is 11.3 Å². The first-order valence-corrected chi connectivity index (χ1v) is 17.4. The maximum atomic E-state index is 13.8. The Labute approximate surface area is 274 Å². The number of benzene rings is 1. The lowest BCUT2D eigenvalue weighted by Crippen LogP contribution is -2.57. The van der Waals surface area contributed by atoms with E-state index in [1.54, 1.807) is 23.2 Å². The normalized spacial score (nSPS) is 16.6. The first-order valence-electron chi connectivity index (χ1n) is 16.5. The number of aromatic nitrogens is 1. The molecule has 1 fully saturated rings. The molecule has 3 rings (SSSR count). The molecule has 9 nitrogen and oxygen atoms in total. The van der Waals surface area contributed by atoms with Crippen molar-refractivity contribution in [2.75, 3.05) is 13.1 Å². The van der Waals surface area contributed by atoms with Gasteiger partial charge in [-0.05, 0) is 76.0 Å². The number of nitrogens with zero attached hydrogens (tertiary/aromatic N) is 2. The minimum absolute atomic E-state index is 0.117. The van der Waals surface area contributed by atoms with E-state index < -0.39 is 17.5 Å². The fourth-order valence-corrected chi connectivity index (χ4v) is 6.32. The number of hydrogen-bond acceptors (Lipinski definition) is 7. The largest absolute Gasteiger partial charge is 0.348 e. The number of unbranched alkanes of at least 4 members (excludes halogenated alkanes) is 1. The third-order valence-electron chi connectivity index (χ3n) is 8.15. The van der Waals surface area contributed by atoms with Crippen molar-refractivity contribution in [1.29, 1.82) is 0 Å². The van der Waals surface area contributed by atoms with Gasteiger partial charge in [0.25, 0.3) is 0 Å². The summed E-state index contributed by atoms with van der Waals surface area (Å²) in [4.78, 5) is 58.8. The molecule has 2 heterocycles. The summed E-state index contributed by atoms with van der Waals surface area (Å²) >= 11 is 1.61. The fourth-order valence-electron chi connectivity index (χ4n) is 5.51. The van der Waals surface area contributed by atoms with Crippen LogP contribution in [0.3, 0.4) is 0 Å². The van der Waals surface area contributed by atoms with Crippen molar-refractivity contribution >= 4 is 34.8 Å². The number of nitrogens with one attached hydrogen (secondary N) is 3. The molecule has 3 N–H and O–H groups in total. The number of amides is 3. The highest BCUT2D eigenvalue weighted by atomic mass is 32.1. The maximum absolute atomic E-state index is 13.8. The van der Waals surface area contributed by atoms with Gasteiger partial charge in [-0.3, -0.25) is 19.2 Å². The van der Waals surface area contributed by atoms with Crippen LogP contribution < -0.4 is 16.0 Å². The lowest BCUT2D eigenvalue weighted by atomic mass is 9.85. The van der Waals surface area contributed by atoms with Crippen molar-refractivity contribution in [3.63, 3.8) is 0 Å². The van der Waals surface area contributed by atoms with E-state index in [1.807, 2.05) is 85.2 Å². The van der Waals surface area contributed by atoms with Crippen LogP contribution in [-0.2, 0) is 19.2 Å². The molecule has 0 unspecified atom stereocenters. The van der Waals surface area contributed by atoms with E-state index in [-0.39, 0.29) is 35.6 Å². The number of ketones is 1. The molecule has 0 saturated carbocycles. The number of hydrogen-bond donors (Lipinski definition) is 3. The number of aryl methyl sites for hydroxylation is 1. The molecule has 0 aliphatic carbocycles. The number of Topliss-reactive ketones (excluding diaryl/α,β-unsaturated/α-hetero) is 1. The van der Waals surface area contributed by atoms with Crippen LogP contribution in [-0.4, -0.2) is 64.6 Å². The Bertz CT molecular complexity index is 1250. The highest BCUT2D eigenvalue weighted by Gasteiger charge is 2.42. The SMILES string of the molecule is CC.CC[C@H](NCCCCC(=O)N[C@H](C(=O)N1CCC[C@H]1C(=O)N[C@@H](C)c1ccc(-c2scnc2C)cc1)C(C)(C)C)C(C)=O. The summed E-state index contributed by atoms with van der Waals surface area (Å²) in [7, 11) is 0. The Morgan fingerprint density at radius 1 is 1.07 bits per heavy atom. The van der Waals surface area contributed by atoms with Gasteiger partial charge in [0, 0.05) is 13.0 Å². The molecule has 1 aliphatic rings. The quantitative estimate of drug-likeness (QED) is 0.219. The molecule has 3 amide bonds. The van der Waals surface area contributed by atoms with E-state index in [1.165, 1.54) is 0 Å². The van der Waals surface area contributed by atoms with Gasteiger partial charge in [0.05, 0.1) is 28.2 Å². The van der Waals surface area contributed by atoms with Gasteiger partial charge in [-0.25, -0.2) is 4.98 Å². The zero-order valence-corrected chi connectivity index (χ0v) is 29.6. The molecule has 1 aromatic heterocycles. The third kappa shape index (κ3) is 11.0. The summed E-state index contributed by atoms with van der Waals surface area (Å²) in [5.74, 6) is -0.461. The van der Waals surface area contributed by atoms with Crippen molar-refractivity contribution in [2.24, 2.45) is 5.41 Å². The number of carbonyl (C=O) groups excluding carboxylic acids is 4. The van der Waals surface area contributed by atoms with Gasteiger partial charge in [-0.2, -0.15) is 0 Å². The van der Waals surface area contributed by atoms with E-state index in [0.717, 1.165) is 41.0 Å². The molecular weight excluding hydrogens is 586 g/mol. The lowest BCUT2D eigenvalue weighted by Gasteiger charge is -2.35. The predicted molar refractivity (Wildman–Crippen MR) is 183 cm³/mol. The van der Waals surface area contributed by atoms with Gasteiger partial charge in [0.1, 0.15) is 17.9 Å². The van der Waals surface area contributed by atoms with E-state index in [0.29, 0.717) is 32.4 Å². The molecular formula is C35H55N5O4S. The van der Waals surface area contributed by atoms with E-state index in [9.17, 15) is 19.2 Å². The number of carbonyl (C=O) groups is 4. The van der Waals surface area contributed by atoms with Crippen molar-refractivity contribution < 1.29 is 19.2 Å². The summed E-state index contributed by atoms with van der Waals surface area (Å²) in [6, 6.07) is 6.44. The van der Waals surface area contributed by atoms with E-state index in [4.69, 9.17) is 0 Å². The van der Waals surface area contributed by atoms with Crippen molar-refractivity contribution in [3.8, 4) is 10.4 Å². The summed E-state index contributed by atoms with van der Waals surface area (Å²) in [5.41, 5.74) is 4.39. The molecule has 2 aromatic rings. The number of thiazole rings is 1. The van der Waals surface area contributed by atoms with Gasteiger partial charge < -0.3 is 20.9 Å². The van der Waals surface area contributed by atoms with E-state index >= 15 is 0 Å². The molecule has 1 aliphatic heterocycles. The maximum Gasteiger partial charge on any atom is 0.246 e.